The summed E-state index contributed by atoms with van der Waals surface area (Å²) in [5, 5.41) is 7.64. The van der Waals surface area contributed by atoms with Crippen LogP contribution in [-0.2, 0) is 12.8 Å². The number of aryl methyl sites for hydroxylation is 1. The Balaban J connectivity index is 1.52. The van der Waals surface area contributed by atoms with E-state index in [1.807, 2.05) is 33.8 Å². The first-order valence-electron chi connectivity index (χ1n) is 11.0. The number of hydrogen-bond acceptors (Lipinski definition) is 4. The second kappa shape index (κ2) is 8.41. The van der Waals surface area contributed by atoms with Crippen LogP contribution in [0, 0.1) is 5.92 Å². The molecule has 0 saturated carbocycles. The highest BCUT2D eigenvalue weighted by Crippen LogP contribution is 2.40. The summed E-state index contributed by atoms with van der Waals surface area (Å²) in [5.41, 5.74) is 4.67. The number of aromatic nitrogens is 2. The van der Waals surface area contributed by atoms with Crippen LogP contribution in [0.25, 0.3) is 16.9 Å². The summed E-state index contributed by atoms with van der Waals surface area (Å²) in [4.78, 5) is 19.4. The van der Waals surface area contributed by atoms with Crippen molar-refractivity contribution in [2.75, 3.05) is 32.7 Å². The number of halogens is 1. The van der Waals surface area contributed by atoms with E-state index in [9.17, 15) is 4.79 Å². The van der Waals surface area contributed by atoms with Crippen molar-refractivity contribution >= 4 is 28.8 Å². The van der Waals surface area contributed by atoms with Gasteiger partial charge in [0.1, 0.15) is 0 Å². The first-order chi connectivity index (χ1) is 15.0. The maximum Gasteiger partial charge on any atom is 0.274 e. The predicted octanol–water partition coefficient (Wildman–Crippen LogP) is 4.77. The van der Waals surface area contributed by atoms with E-state index in [0.717, 1.165) is 62.5 Å². The number of fused-ring (bicyclic) bond motifs is 3. The molecule has 3 heterocycles. The molecule has 7 heteroatoms. The van der Waals surface area contributed by atoms with Crippen LogP contribution in [0.2, 0.25) is 5.02 Å². The SMILES string of the molecule is CC(C)CN1CCN(C(=O)c2nn(-c3ccccc3Cl)c3c2CCc2sccc2-3)CC1. The minimum absolute atomic E-state index is 0.0462. The Kier molecular flexibility index (Phi) is 5.63. The molecule has 1 aromatic carbocycles. The summed E-state index contributed by atoms with van der Waals surface area (Å²) in [6.07, 6.45) is 1.79. The molecule has 5 nitrogen and oxygen atoms in total. The van der Waals surface area contributed by atoms with Crippen LogP contribution in [-0.4, -0.2) is 58.2 Å². The van der Waals surface area contributed by atoms with Crippen molar-refractivity contribution in [1.82, 2.24) is 19.6 Å². The number of benzene rings is 1. The van der Waals surface area contributed by atoms with Crippen molar-refractivity contribution < 1.29 is 4.79 Å². The molecule has 0 N–H and O–H groups in total. The molecule has 1 aliphatic heterocycles. The molecule has 1 saturated heterocycles. The maximum atomic E-state index is 13.6. The van der Waals surface area contributed by atoms with Crippen molar-refractivity contribution in [3.63, 3.8) is 0 Å². The monoisotopic (exact) mass is 454 g/mol. The minimum atomic E-state index is 0.0462. The van der Waals surface area contributed by atoms with Gasteiger partial charge in [0.15, 0.2) is 5.69 Å². The van der Waals surface area contributed by atoms with Gasteiger partial charge in [-0.15, -0.1) is 11.3 Å². The van der Waals surface area contributed by atoms with Gasteiger partial charge in [0.25, 0.3) is 5.91 Å². The molecule has 3 aromatic rings. The summed E-state index contributed by atoms with van der Waals surface area (Å²) < 4.78 is 1.89. The molecule has 0 radical (unpaired) electrons. The molecule has 0 unspecified atom stereocenters. The van der Waals surface area contributed by atoms with Crippen LogP contribution in [0.15, 0.2) is 35.7 Å². The number of hydrogen-bond donors (Lipinski definition) is 0. The van der Waals surface area contributed by atoms with Gasteiger partial charge in [0, 0.05) is 48.7 Å². The number of amides is 1. The third-order valence-corrected chi connectivity index (χ3v) is 7.45. The second-order valence-corrected chi connectivity index (χ2v) is 10.2. The molecular weight excluding hydrogens is 428 g/mol. The zero-order chi connectivity index (χ0) is 21.5. The van der Waals surface area contributed by atoms with E-state index in [2.05, 4.69) is 30.2 Å². The Hall–Kier alpha value is -2.15. The molecule has 5 rings (SSSR count). The molecule has 2 aromatic heterocycles. The van der Waals surface area contributed by atoms with Gasteiger partial charge < -0.3 is 4.90 Å². The largest absolute Gasteiger partial charge is 0.335 e. The smallest absolute Gasteiger partial charge is 0.274 e. The lowest BCUT2D eigenvalue weighted by Crippen LogP contribution is -2.49. The van der Waals surface area contributed by atoms with E-state index in [1.165, 1.54) is 10.4 Å². The summed E-state index contributed by atoms with van der Waals surface area (Å²) in [7, 11) is 0. The highest BCUT2D eigenvalue weighted by molar-refractivity contribution is 7.10. The molecule has 1 aliphatic carbocycles. The van der Waals surface area contributed by atoms with Crippen molar-refractivity contribution in [2.45, 2.75) is 26.7 Å². The first kappa shape index (κ1) is 20.7. The third kappa shape index (κ3) is 3.81. The standard InChI is InChI=1S/C24H27ClN4OS/c1-16(2)15-27-10-12-28(13-11-27)24(30)22-18-7-8-21-17(9-14-31-21)23(18)29(26-22)20-6-4-3-5-19(20)25/h3-6,9,14,16H,7-8,10-13,15H2,1-2H3. The zero-order valence-corrected chi connectivity index (χ0v) is 19.5. The number of thiophene rings is 1. The van der Waals surface area contributed by atoms with Gasteiger partial charge in [-0.1, -0.05) is 37.6 Å². The Labute approximate surface area is 192 Å². The average molecular weight is 455 g/mol. The minimum Gasteiger partial charge on any atom is -0.335 e. The fourth-order valence-corrected chi connectivity index (χ4v) is 5.81. The Bertz CT molecular complexity index is 1110. The Morgan fingerprint density at radius 3 is 2.65 bits per heavy atom. The highest BCUT2D eigenvalue weighted by atomic mass is 35.5. The Morgan fingerprint density at radius 1 is 1.13 bits per heavy atom. The van der Waals surface area contributed by atoms with Gasteiger partial charge in [0.2, 0.25) is 0 Å². The van der Waals surface area contributed by atoms with Crippen LogP contribution in [0.3, 0.4) is 0 Å². The maximum absolute atomic E-state index is 13.6. The fraction of sp³-hybridized carbons (Fsp3) is 0.417. The van der Waals surface area contributed by atoms with E-state index in [0.29, 0.717) is 16.6 Å². The molecule has 1 amide bonds. The molecular formula is C24H27ClN4OS. The quantitative estimate of drug-likeness (QED) is 0.570. The van der Waals surface area contributed by atoms with Crippen molar-refractivity contribution in [3.05, 3.63) is 56.9 Å². The molecule has 1 fully saturated rings. The van der Waals surface area contributed by atoms with Gasteiger partial charge in [-0.2, -0.15) is 5.10 Å². The van der Waals surface area contributed by atoms with Crippen LogP contribution >= 0.6 is 22.9 Å². The average Bonchev–Trinajstić information content (AvgIpc) is 3.38. The lowest BCUT2D eigenvalue weighted by molar-refractivity contribution is 0.0616. The van der Waals surface area contributed by atoms with E-state index in [4.69, 9.17) is 16.7 Å². The molecule has 0 atom stereocenters. The molecule has 31 heavy (non-hydrogen) atoms. The van der Waals surface area contributed by atoms with Crippen LogP contribution in [0.5, 0.6) is 0 Å². The molecule has 2 aliphatic rings. The molecule has 0 bridgehead atoms. The van der Waals surface area contributed by atoms with Crippen molar-refractivity contribution in [3.8, 4) is 16.9 Å². The summed E-state index contributed by atoms with van der Waals surface area (Å²) >= 11 is 8.31. The normalized spacial score (nSPS) is 16.5. The summed E-state index contributed by atoms with van der Waals surface area (Å²) in [5.74, 6) is 0.685. The van der Waals surface area contributed by atoms with Gasteiger partial charge in [-0.25, -0.2) is 4.68 Å². The van der Waals surface area contributed by atoms with Gasteiger partial charge in [-0.3, -0.25) is 9.69 Å². The number of para-hydroxylation sites is 1. The Morgan fingerprint density at radius 2 is 1.90 bits per heavy atom. The first-order valence-corrected chi connectivity index (χ1v) is 12.2. The summed E-state index contributed by atoms with van der Waals surface area (Å²) in [6, 6.07) is 9.86. The summed E-state index contributed by atoms with van der Waals surface area (Å²) in [6.45, 7) is 8.91. The lowest BCUT2D eigenvalue weighted by Gasteiger charge is -2.35. The van der Waals surface area contributed by atoms with Crippen molar-refractivity contribution in [1.29, 1.82) is 0 Å². The van der Waals surface area contributed by atoms with Gasteiger partial charge in [0.05, 0.1) is 16.4 Å². The van der Waals surface area contributed by atoms with Gasteiger partial charge in [-0.05, 0) is 42.3 Å². The predicted molar refractivity (Wildman–Crippen MR) is 126 cm³/mol. The van der Waals surface area contributed by atoms with Crippen LogP contribution in [0.4, 0.5) is 0 Å². The van der Waals surface area contributed by atoms with E-state index >= 15 is 0 Å². The number of nitrogens with zero attached hydrogens (tertiary/aromatic N) is 4. The lowest BCUT2D eigenvalue weighted by atomic mass is 9.94. The fourth-order valence-electron chi connectivity index (χ4n) is 4.72. The van der Waals surface area contributed by atoms with E-state index in [1.54, 1.807) is 11.3 Å². The molecule has 162 valence electrons. The number of carbonyl (C=O) groups excluding carboxylic acids is 1. The van der Waals surface area contributed by atoms with Crippen LogP contribution < -0.4 is 0 Å². The number of carbonyl (C=O) groups is 1. The van der Waals surface area contributed by atoms with E-state index in [-0.39, 0.29) is 5.91 Å². The zero-order valence-electron chi connectivity index (χ0n) is 18.0. The topological polar surface area (TPSA) is 41.4 Å². The third-order valence-electron chi connectivity index (χ3n) is 6.15. The second-order valence-electron chi connectivity index (χ2n) is 8.78. The van der Waals surface area contributed by atoms with Crippen LogP contribution in [0.1, 0.15) is 34.8 Å². The highest BCUT2D eigenvalue weighted by Gasteiger charge is 2.33. The number of rotatable bonds is 4. The molecule has 0 spiro atoms. The van der Waals surface area contributed by atoms with E-state index < -0.39 is 0 Å². The number of piperazine rings is 1. The van der Waals surface area contributed by atoms with Gasteiger partial charge >= 0.3 is 0 Å². The van der Waals surface area contributed by atoms with Crippen molar-refractivity contribution in [2.24, 2.45) is 5.92 Å².